The lowest BCUT2D eigenvalue weighted by Gasteiger charge is -2.32. The number of aromatic hydroxyl groups is 1. The third-order valence-corrected chi connectivity index (χ3v) is 7.47. The zero-order chi connectivity index (χ0) is 30.6. The van der Waals surface area contributed by atoms with Crippen LogP contribution < -0.4 is 16.2 Å². The second-order valence-corrected chi connectivity index (χ2v) is 10.2. The molecule has 0 aromatic heterocycles. The number of fused-ring (bicyclic) bond motifs is 2. The summed E-state index contributed by atoms with van der Waals surface area (Å²) in [6, 6.07) is 14.8. The van der Waals surface area contributed by atoms with E-state index in [4.69, 9.17) is 16.2 Å². The summed E-state index contributed by atoms with van der Waals surface area (Å²) in [6.45, 7) is 4.45. The van der Waals surface area contributed by atoms with Crippen molar-refractivity contribution < 1.29 is 33.4 Å². The largest absolute Gasteiger partial charge is 0.508 e. The maximum absolute atomic E-state index is 12.9. The average molecular weight is 577 g/mol. The third-order valence-electron chi connectivity index (χ3n) is 7.47. The summed E-state index contributed by atoms with van der Waals surface area (Å²) in [7, 11) is 0. The maximum atomic E-state index is 12.9. The van der Waals surface area contributed by atoms with Crippen molar-refractivity contribution in [2.75, 3.05) is 13.1 Å². The number of carbonyl (C=O) groups excluding carboxylic acids is 4. The number of ether oxygens (including phenoxy) is 1. The lowest BCUT2D eigenvalue weighted by molar-refractivity contribution is -0.122. The molecular formula is C31H33FN4O6. The normalized spacial score (nSPS) is 15.5. The quantitative estimate of drug-likeness (QED) is 0.393. The molecule has 0 fully saturated rings. The minimum Gasteiger partial charge on any atom is -0.508 e. The highest BCUT2D eigenvalue weighted by atomic mass is 19.1. The van der Waals surface area contributed by atoms with Crippen LogP contribution in [0.3, 0.4) is 0 Å². The van der Waals surface area contributed by atoms with Gasteiger partial charge in [-0.3, -0.25) is 19.2 Å². The Balaban J connectivity index is 0.000000208. The SMILES string of the molecule is CC(C(N)=O)N1CCc2cc(O)ccc2C1=O.CC(C(N)=O)N1CCc2cc(OCc3ccc(F)cc3)ccc2C1=O. The molecule has 3 aromatic rings. The Morgan fingerprint density at radius 2 is 1.33 bits per heavy atom. The van der Waals surface area contributed by atoms with Crippen LogP contribution in [0.25, 0.3) is 0 Å². The van der Waals surface area contributed by atoms with E-state index in [0.717, 1.165) is 16.7 Å². The fourth-order valence-electron chi connectivity index (χ4n) is 4.86. The molecule has 2 heterocycles. The van der Waals surface area contributed by atoms with Crippen molar-refractivity contribution in [1.29, 1.82) is 0 Å². The molecule has 5 rings (SSSR count). The zero-order valence-corrected chi connectivity index (χ0v) is 23.4. The van der Waals surface area contributed by atoms with Crippen molar-refractivity contribution in [2.24, 2.45) is 11.5 Å². The molecule has 0 saturated heterocycles. The first-order valence-electron chi connectivity index (χ1n) is 13.5. The van der Waals surface area contributed by atoms with E-state index in [9.17, 15) is 28.7 Å². The number of benzene rings is 3. The van der Waals surface area contributed by atoms with Gasteiger partial charge in [-0.25, -0.2) is 4.39 Å². The molecule has 3 aromatic carbocycles. The van der Waals surface area contributed by atoms with Crippen molar-refractivity contribution in [1.82, 2.24) is 9.80 Å². The third kappa shape index (κ3) is 6.68. The molecule has 4 amide bonds. The molecular weight excluding hydrogens is 543 g/mol. The van der Waals surface area contributed by atoms with E-state index in [-0.39, 0.29) is 23.4 Å². The molecule has 0 saturated carbocycles. The fourth-order valence-corrected chi connectivity index (χ4v) is 4.86. The molecule has 0 aliphatic carbocycles. The van der Waals surface area contributed by atoms with Crippen LogP contribution in [0.2, 0.25) is 0 Å². The van der Waals surface area contributed by atoms with Gasteiger partial charge in [-0.15, -0.1) is 0 Å². The molecule has 2 atom stereocenters. The molecule has 42 heavy (non-hydrogen) atoms. The molecule has 2 aliphatic heterocycles. The van der Waals surface area contributed by atoms with Gasteiger partial charge < -0.3 is 31.1 Å². The average Bonchev–Trinajstić information content (AvgIpc) is 2.96. The first-order chi connectivity index (χ1) is 20.0. The van der Waals surface area contributed by atoms with Crippen LogP contribution in [0.5, 0.6) is 11.5 Å². The summed E-state index contributed by atoms with van der Waals surface area (Å²) in [5.74, 6) is -0.933. The van der Waals surface area contributed by atoms with Crippen molar-refractivity contribution in [3.8, 4) is 11.5 Å². The smallest absolute Gasteiger partial charge is 0.254 e. The number of carbonyl (C=O) groups is 4. The highest BCUT2D eigenvalue weighted by molar-refractivity contribution is 6.00. The number of nitrogens with two attached hydrogens (primary N) is 2. The summed E-state index contributed by atoms with van der Waals surface area (Å²) in [5, 5.41) is 9.34. The fraction of sp³-hybridized carbons (Fsp3) is 0.290. The van der Waals surface area contributed by atoms with E-state index >= 15 is 0 Å². The summed E-state index contributed by atoms with van der Waals surface area (Å²) < 4.78 is 18.6. The number of hydrogen-bond acceptors (Lipinski definition) is 6. The zero-order valence-electron chi connectivity index (χ0n) is 23.4. The molecule has 2 unspecified atom stereocenters. The van der Waals surface area contributed by atoms with Crippen LogP contribution in [-0.2, 0) is 29.0 Å². The number of halogens is 1. The molecule has 0 bridgehead atoms. The van der Waals surface area contributed by atoms with Gasteiger partial charge in [-0.05, 0) is 91.9 Å². The number of hydrogen-bond donors (Lipinski definition) is 3. The lowest BCUT2D eigenvalue weighted by Crippen LogP contribution is -2.49. The molecule has 0 radical (unpaired) electrons. The summed E-state index contributed by atoms with van der Waals surface area (Å²) >= 11 is 0. The number of amides is 4. The molecule has 11 heteroatoms. The van der Waals surface area contributed by atoms with Gasteiger partial charge in [0.25, 0.3) is 11.8 Å². The van der Waals surface area contributed by atoms with Gasteiger partial charge in [0.1, 0.15) is 36.0 Å². The molecule has 2 aliphatic rings. The van der Waals surface area contributed by atoms with E-state index < -0.39 is 23.9 Å². The Morgan fingerprint density at radius 1 is 0.833 bits per heavy atom. The van der Waals surface area contributed by atoms with E-state index in [2.05, 4.69) is 0 Å². The van der Waals surface area contributed by atoms with Gasteiger partial charge in [-0.2, -0.15) is 0 Å². The van der Waals surface area contributed by atoms with Gasteiger partial charge in [0.2, 0.25) is 11.8 Å². The number of nitrogens with zero attached hydrogens (tertiary/aromatic N) is 2. The Hall–Kier alpha value is -4.93. The minimum atomic E-state index is -0.630. The summed E-state index contributed by atoms with van der Waals surface area (Å²) in [4.78, 5) is 50.0. The van der Waals surface area contributed by atoms with E-state index in [0.29, 0.717) is 49.4 Å². The van der Waals surface area contributed by atoms with Crippen molar-refractivity contribution >= 4 is 23.6 Å². The van der Waals surface area contributed by atoms with Crippen molar-refractivity contribution in [2.45, 2.75) is 45.4 Å². The molecule has 10 nitrogen and oxygen atoms in total. The predicted octanol–water partition coefficient (Wildman–Crippen LogP) is 2.54. The van der Waals surface area contributed by atoms with Gasteiger partial charge in [0.05, 0.1) is 0 Å². The van der Waals surface area contributed by atoms with Crippen LogP contribution in [0, 0.1) is 5.82 Å². The van der Waals surface area contributed by atoms with Crippen molar-refractivity contribution in [3.63, 3.8) is 0 Å². The Labute approximate surface area is 242 Å². The number of phenolic OH excluding ortho intramolecular Hbond substituents is 1. The molecule has 0 spiro atoms. The monoisotopic (exact) mass is 576 g/mol. The first-order valence-corrected chi connectivity index (χ1v) is 13.5. The van der Waals surface area contributed by atoms with Crippen LogP contribution in [0.15, 0.2) is 60.7 Å². The highest BCUT2D eigenvalue weighted by Gasteiger charge is 2.31. The van der Waals surface area contributed by atoms with E-state index in [1.54, 1.807) is 50.2 Å². The van der Waals surface area contributed by atoms with Crippen molar-refractivity contribution in [3.05, 3.63) is 94.3 Å². The number of phenols is 1. The van der Waals surface area contributed by atoms with E-state index in [1.165, 1.54) is 28.0 Å². The van der Waals surface area contributed by atoms with Crippen LogP contribution >= 0.6 is 0 Å². The van der Waals surface area contributed by atoms with Gasteiger partial charge in [0, 0.05) is 24.2 Å². The van der Waals surface area contributed by atoms with Crippen LogP contribution in [0.1, 0.15) is 51.3 Å². The maximum Gasteiger partial charge on any atom is 0.254 e. The topological polar surface area (TPSA) is 156 Å². The summed E-state index contributed by atoms with van der Waals surface area (Å²) in [5.41, 5.74) is 14.1. The van der Waals surface area contributed by atoms with Crippen LogP contribution in [-0.4, -0.2) is 63.7 Å². The summed E-state index contributed by atoms with van der Waals surface area (Å²) in [6.07, 6.45) is 1.25. The number of primary amides is 2. The Morgan fingerprint density at radius 3 is 1.86 bits per heavy atom. The Bertz CT molecular complexity index is 1510. The highest BCUT2D eigenvalue weighted by Crippen LogP contribution is 2.26. The van der Waals surface area contributed by atoms with Gasteiger partial charge in [0.15, 0.2) is 0 Å². The van der Waals surface area contributed by atoms with Crippen LogP contribution in [0.4, 0.5) is 4.39 Å². The lowest BCUT2D eigenvalue weighted by atomic mass is 9.97. The minimum absolute atomic E-state index is 0.146. The molecule has 220 valence electrons. The second kappa shape index (κ2) is 12.7. The van der Waals surface area contributed by atoms with Gasteiger partial charge >= 0.3 is 0 Å². The first kappa shape index (κ1) is 30.0. The second-order valence-electron chi connectivity index (χ2n) is 10.2. The standard InChI is InChI=1S/C19H19FN2O3.C12H14N2O3/c1-12(18(21)23)22-9-8-14-10-16(6-7-17(14)19(22)24)25-11-13-2-4-15(20)5-3-13;1-7(11(13)16)14-5-4-8-6-9(15)2-3-10(8)12(14)17/h2-7,10,12H,8-9,11H2,1H3,(H2,21,23);2-3,6-7,15H,4-5H2,1H3,(H2,13,16). The van der Waals surface area contributed by atoms with E-state index in [1.807, 2.05) is 6.07 Å². The molecule has 5 N–H and O–H groups in total. The van der Waals surface area contributed by atoms with Gasteiger partial charge in [-0.1, -0.05) is 12.1 Å². The number of rotatable bonds is 7. The Kier molecular flexibility index (Phi) is 9.09. The predicted molar refractivity (Wildman–Crippen MR) is 152 cm³/mol.